The van der Waals surface area contributed by atoms with Crippen LogP contribution in [0.3, 0.4) is 0 Å². The highest BCUT2D eigenvalue weighted by Crippen LogP contribution is 2.26. The predicted octanol–water partition coefficient (Wildman–Crippen LogP) is 1.94. The number of rotatable bonds is 7. The second-order valence-electron chi connectivity index (χ2n) is 5.00. The number of carbonyl (C=O) groups is 1. The van der Waals surface area contributed by atoms with E-state index < -0.39 is 30.4 Å². The van der Waals surface area contributed by atoms with E-state index in [0.717, 1.165) is 12.8 Å². The van der Waals surface area contributed by atoms with Gasteiger partial charge in [-0.25, -0.2) is 0 Å². The zero-order valence-corrected chi connectivity index (χ0v) is 10.4. The van der Waals surface area contributed by atoms with Gasteiger partial charge in [-0.15, -0.1) is 0 Å². The molecular formula is C11H18F3NO3. The average molecular weight is 269 g/mol. The first-order valence-corrected chi connectivity index (χ1v) is 5.82. The Balaban J connectivity index is 2.46. The lowest BCUT2D eigenvalue weighted by atomic mass is 9.94. The summed E-state index contributed by atoms with van der Waals surface area (Å²) in [5.74, 6) is -1.07. The Morgan fingerprint density at radius 3 is 2.44 bits per heavy atom. The van der Waals surface area contributed by atoms with Gasteiger partial charge >= 0.3 is 12.1 Å². The minimum atomic E-state index is -4.39. The minimum Gasteiger partial charge on any atom is -0.480 e. The number of alkyl halides is 3. The summed E-state index contributed by atoms with van der Waals surface area (Å²) < 4.78 is 40.5. The summed E-state index contributed by atoms with van der Waals surface area (Å²) >= 11 is 0. The molecule has 2 atom stereocenters. The molecule has 18 heavy (non-hydrogen) atoms. The fourth-order valence-corrected chi connectivity index (χ4v) is 1.76. The fourth-order valence-electron chi connectivity index (χ4n) is 1.76. The molecule has 106 valence electrons. The molecular weight excluding hydrogens is 251 g/mol. The summed E-state index contributed by atoms with van der Waals surface area (Å²) in [4.78, 5) is 11.2. The number of aliphatic carboxylic acids is 1. The Labute approximate surface area is 103 Å². The maximum atomic E-state index is 12.0. The molecule has 0 aromatic carbocycles. The van der Waals surface area contributed by atoms with Gasteiger partial charge in [0.2, 0.25) is 0 Å². The Hall–Kier alpha value is -0.820. The summed E-state index contributed by atoms with van der Waals surface area (Å²) in [5.41, 5.74) is -1.24. The molecule has 0 aromatic heterocycles. The van der Waals surface area contributed by atoms with E-state index in [2.05, 4.69) is 10.1 Å². The van der Waals surface area contributed by atoms with Crippen LogP contribution in [-0.4, -0.2) is 41.5 Å². The monoisotopic (exact) mass is 269 g/mol. The lowest BCUT2D eigenvalue weighted by Gasteiger charge is -2.29. The molecule has 2 N–H and O–H groups in total. The van der Waals surface area contributed by atoms with Gasteiger partial charge in [-0.2, -0.15) is 13.2 Å². The molecule has 1 aliphatic carbocycles. The molecule has 0 saturated heterocycles. The maximum absolute atomic E-state index is 12.0. The summed E-state index contributed by atoms with van der Waals surface area (Å²) in [7, 11) is 0. The van der Waals surface area contributed by atoms with E-state index in [1.54, 1.807) is 0 Å². The van der Waals surface area contributed by atoms with E-state index in [0.29, 0.717) is 0 Å². The molecule has 2 unspecified atom stereocenters. The molecule has 0 heterocycles. The number of carboxylic acid groups (broad SMARTS) is 1. The number of halogens is 3. The first-order valence-electron chi connectivity index (χ1n) is 5.82. The van der Waals surface area contributed by atoms with Crippen LogP contribution >= 0.6 is 0 Å². The molecule has 0 aromatic rings. The highest BCUT2D eigenvalue weighted by molar-refractivity contribution is 5.78. The molecule has 1 aliphatic rings. The Morgan fingerprint density at radius 1 is 1.50 bits per heavy atom. The van der Waals surface area contributed by atoms with E-state index in [1.165, 1.54) is 13.8 Å². The molecule has 1 rings (SSSR count). The van der Waals surface area contributed by atoms with Crippen LogP contribution in [-0.2, 0) is 9.53 Å². The van der Waals surface area contributed by atoms with Crippen LogP contribution in [0.4, 0.5) is 13.2 Å². The van der Waals surface area contributed by atoms with E-state index in [9.17, 15) is 18.0 Å². The van der Waals surface area contributed by atoms with Crippen molar-refractivity contribution < 1.29 is 27.8 Å². The van der Waals surface area contributed by atoms with Gasteiger partial charge in [-0.3, -0.25) is 10.1 Å². The number of hydrogen-bond acceptors (Lipinski definition) is 3. The summed E-state index contributed by atoms with van der Waals surface area (Å²) in [6.07, 6.45) is -3.37. The molecule has 0 aliphatic heterocycles. The van der Waals surface area contributed by atoms with Crippen molar-refractivity contribution in [3.05, 3.63) is 0 Å². The summed E-state index contributed by atoms with van der Waals surface area (Å²) in [6, 6.07) is 0.154. The topological polar surface area (TPSA) is 58.6 Å². The fraction of sp³-hybridized carbons (Fsp3) is 0.909. The van der Waals surface area contributed by atoms with Crippen LogP contribution in [0, 0.1) is 0 Å². The molecule has 4 nitrogen and oxygen atoms in total. The van der Waals surface area contributed by atoms with Crippen molar-refractivity contribution in [2.75, 3.05) is 6.61 Å². The Kier molecular flexibility index (Phi) is 4.61. The lowest BCUT2D eigenvalue weighted by molar-refractivity contribution is -0.186. The van der Waals surface area contributed by atoms with E-state index in [1.807, 2.05) is 0 Å². The number of hydrogen-bond donors (Lipinski definition) is 2. The van der Waals surface area contributed by atoms with Crippen molar-refractivity contribution in [1.82, 2.24) is 5.32 Å². The maximum Gasteiger partial charge on any atom is 0.411 e. The average Bonchev–Trinajstić information content (AvgIpc) is 2.97. The molecule has 7 heteroatoms. The molecule has 0 spiro atoms. The van der Waals surface area contributed by atoms with Crippen molar-refractivity contribution in [3.8, 4) is 0 Å². The van der Waals surface area contributed by atoms with Gasteiger partial charge in [0.1, 0.15) is 12.1 Å². The molecule has 0 amide bonds. The summed E-state index contributed by atoms with van der Waals surface area (Å²) in [5, 5.41) is 12.1. The van der Waals surface area contributed by atoms with Gasteiger partial charge in [0.15, 0.2) is 0 Å². The largest absolute Gasteiger partial charge is 0.480 e. The lowest BCUT2D eigenvalue weighted by Crippen LogP contribution is -2.52. The Morgan fingerprint density at radius 2 is 2.06 bits per heavy atom. The van der Waals surface area contributed by atoms with Gasteiger partial charge in [-0.05, 0) is 26.7 Å². The minimum absolute atomic E-state index is 0.00505. The molecule has 1 fully saturated rings. The van der Waals surface area contributed by atoms with Crippen molar-refractivity contribution in [1.29, 1.82) is 0 Å². The van der Waals surface area contributed by atoms with Gasteiger partial charge in [-0.1, -0.05) is 0 Å². The van der Waals surface area contributed by atoms with Crippen LogP contribution in [0.2, 0.25) is 0 Å². The molecule has 0 bridgehead atoms. The van der Waals surface area contributed by atoms with Gasteiger partial charge < -0.3 is 9.84 Å². The third-order valence-corrected chi connectivity index (χ3v) is 2.80. The zero-order chi connectivity index (χ0) is 14.0. The summed E-state index contributed by atoms with van der Waals surface area (Å²) in [6.45, 7) is 1.57. The van der Waals surface area contributed by atoms with Crippen molar-refractivity contribution in [2.45, 2.75) is 57.0 Å². The first kappa shape index (κ1) is 15.2. The number of carboxylic acids is 1. The highest BCUT2D eigenvalue weighted by Gasteiger charge is 2.40. The van der Waals surface area contributed by atoms with Crippen molar-refractivity contribution in [3.63, 3.8) is 0 Å². The van der Waals surface area contributed by atoms with Crippen molar-refractivity contribution >= 4 is 5.97 Å². The zero-order valence-electron chi connectivity index (χ0n) is 10.4. The number of ether oxygens (including phenoxy) is 1. The van der Waals surface area contributed by atoms with E-state index in [-0.39, 0.29) is 12.5 Å². The quantitative estimate of drug-likeness (QED) is 0.741. The highest BCUT2D eigenvalue weighted by atomic mass is 19.4. The van der Waals surface area contributed by atoms with Crippen LogP contribution in [0.1, 0.15) is 33.1 Å². The van der Waals surface area contributed by atoms with Crippen LogP contribution in [0.15, 0.2) is 0 Å². The smallest absolute Gasteiger partial charge is 0.411 e. The molecule has 0 radical (unpaired) electrons. The Bertz CT molecular complexity index is 304. The van der Waals surface area contributed by atoms with Gasteiger partial charge in [0, 0.05) is 12.5 Å². The second-order valence-corrected chi connectivity index (χ2v) is 5.00. The van der Waals surface area contributed by atoms with Gasteiger partial charge in [0.05, 0.1) is 6.10 Å². The van der Waals surface area contributed by atoms with E-state index >= 15 is 0 Å². The van der Waals surface area contributed by atoms with E-state index in [4.69, 9.17) is 5.11 Å². The SMILES string of the molecule is CC(CC(C)(NC1CC1)C(=O)O)OCC(F)(F)F. The van der Waals surface area contributed by atoms with Crippen LogP contribution in [0.25, 0.3) is 0 Å². The molecule has 1 saturated carbocycles. The normalized spacial score (nSPS) is 21.4. The standard InChI is InChI=1S/C11H18F3NO3/c1-7(18-6-11(12,13)14)5-10(2,9(16)17)15-8-3-4-8/h7-8,15H,3-6H2,1-2H3,(H,16,17). The van der Waals surface area contributed by atoms with Crippen LogP contribution in [0.5, 0.6) is 0 Å². The predicted molar refractivity (Wildman–Crippen MR) is 58.3 cm³/mol. The third kappa shape index (κ3) is 5.22. The van der Waals surface area contributed by atoms with Crippen LogP contribution < -0.4 is 5.32 Å². The van der Waals surface area contributed by atoms with Crippen molar-refractivity contribution in [2.24, 2.45) is 0 Å². The second kappa shape index (κ2) is 5.44. The third-order valence-electron chi connectivity index (χ3n) is 2.80. The van der Waals surface area contributed by atoms with Gasteiger partial charge in [0.25, 0.3) is 0 Å². The number of nitrogens with one attached hydrogen (secondary N) is 1. The first-order chi connectivity index (χ1) is 8.12.